The molecule has 9 heteroatoms. The summed E-state index contributed by atoms with van der Waals surface area (Å²) >= 11 is 1.43. The van der Waals surface area contributed by atoms with Gasteiger partial charge in [-0.25, -0.2) is 14.1 Å². The maximum atomic E-state index is 13.1. The van der Waals surface area contributed by atoms with Crippen molar-refractivity contribution in [1.82, 2.24) is 29.9 Å². The van der Waals surface area contributed by atoms with Crippen molar-refractivity contribution in [2.45, 2.75) is 12.8 Å². The monoisotopic (exact) mass is 486 g/mol. The number of halogens is 1. The van der Waals surface area contributed by atoms with Crippen molar-refractivity contribution in [2.24, 2.45) is 0 Å². The first-order valence-corrected chi connectivity index (χ1v) is 12.1. The standard InChI is InChI=1S/C26H23FN6OS/c1-32(13-5-6-21-14-23(31-30-21)18-9-11-20(27)12-10-18)26(34)24-17-35-25(29-24)19-15-28-33(16-19)22-7-3-2-4-8-22/h2-4,7-12,14-17H,5-6,13H2,1H3,(H,30,31). The fourth-order valence-electron chi connectivity index (χ4n) is 3.72. The first kappa shape index (κ1) is 22.7. The number of benzene rings is 2. The topological polar surface area (TPSA) is 79.7 Å². The normalized spacial score (nSPS) is 11.0. The lowest BCUT2D eigenvalue weighted by Crippen LogP contribution is -2.28. The fourth-order valence-corrected chi connectivity index (χ4v) is 4.49. The Kier molecular flexibility index (Phi) is 6.49. The number of aromatic amines is 1. The quantitative estimate of drug-likeness (QED) is 0.326. The number of hydrogen-bond donors (Lipinski definition) is 1. The lowest BCUT2D eigenvalue weighted by Gasteiger charge is -2.15. The third kappa shape index (κ3) is 5.20. The lowest BCUT2D eigenvalue weighted by atomic mass is 10.1. The van der Waals surface area contributed by atoms with E-state index in [0.717, 1.165) is 46.1 Å². The largest absolute Gasteiger partial charge is 0.340 e. The van der Waals surface area contributed by atoms with Gasteiger partial charge in [-0.2, -0.15) is 10.2 Å². The molecule has 5 rings (SSSR count). The molecule has 7 nitrogen and oxygen atoms in total. The minimum Gasteiger partial charge on any atom is -0.340 e. The first-order chi connectivity index (χ1) is 17.1. The number of hydrogen-bond acceptors (Lipinski definition) is 5. The number of rotatable bonds is 8. The van der Waals surface area contributed by atoms with E-state index in [0.29, 0.717) is 12.2 Å². The predicted octanol–water partition coefficient (Wildman–Crippen LogP) is 5.23. The maximum Gasteiger partial charge on any atom is 0.273 e. The molecule has 0 radical (unpaired) electrons. The van der Waals surface area contributed by atoms with E-state index in [9.17, 15) is 9.18 Å². The number of amides is 1. The summed E-state index contributed by atoms with van der Waals surface area (Å²) in [5.74, 6) is -0.383. The molecule has 0 fully saturated rings. The van der Waals surface area contributed by atoms with Crippen LogP contribution in [-0.4, -0.2) is 49.4 Å². The van der Waals surface area contributed by atoms with Gasteiger partial charge in [0.05, 0.1) is 17.6 Å². The van der Waals surface area contributed by atoms with Gasteiger partial charge in [0, 0.05) is 42.0 Å². The van der Waals surface area contributed by atoms with Crippen molar-refractivity contribution in [3.63, 3.8) is 0 Å². The van der Waals surface area contributed by atoms with Gasteiger partial charge in [0.25, 0.3) is 5.91 Å². The van der Waals surface area contributed by atoms with Crippen LogP contribution >= 0.6 is 11.3 Å². The highest BCUT2D eigenvalue weighted by Crippen LogP contribution is 2.25. The van der Waals surface area contributed by atoms with Gasteiger partial charge in [0.2, 0.25) is 0 Å². The number of aromatic nitrogens is 5. The summed E-state index contributed by atoms with van der Waals surface area (Å²) in [5.41, 5.74) is 4.87. The van der Waals surface area contributed by atoms with E-state index in [1.54, 1.807) is 40.3 Å². The van der Waals surface area contributed by atoms with Crippen LogP contribution in [0.1, 0.15) is 22.6 Å². The Hall–Kier alpha value is -4.11. The van der Waals surface area contributed by atoms with Gasteiger partial charge in [-0.05, 0) is 55.3 Å². The Balaban J connectivity index is 1.16. The Bertz CT molecular complexity index is 1420. The zero-order valence-corrected chi connectivity index (χ0v) is 19.9. The summed E-state index contributed by atoms with van der Waals surface area (Å²) in [6, 6.07) is 18.1. The summed E-state index contributed by atoms with van der Waals surface area (Å²) in [6.45, 7) is 0.586. The predicted molar refractivity (Wildman–Crippen MR) is 134 cm³/mol. The molecule has 2 aromatic carbocycles. The minimum absolute atomic E-state index is 0.112. The van der Waals surface area contributed by atoms with Gasteiger partial charge in [-0.1, -0.05) is 18.2 Å². The van der Waals surface area contributed by atoms with E-state index in [1.807, 2.05) is 42.6 Å². The second kappa shape index (κ2) is 10.0. The average molecular weight is 487 g/mol. The molecule has 3 heterocycles. The van der Waals surface area contributed by atoms with Gasteiger partial charge in [-0.3, -0.25) is 9.89 Å². The molecule has 1 amide bonds. The molecule has 0 bridgehead atoms. The summed E-state index contributed by atoms with van der Waals surface area (Å²) in [6.07, 6.45) is 5.19. The van der Waals surface area contributed by atoms with E-state index < -0.39 is 0 Å². The van der Waals surface area contributed by atoms with Gasteiger partial charge >= 0.3 is 0 Å². The number of nitrogens with one attached hydrogen (secondary N) is 1. The highest BCUT2D eigenvalue weighted by molar-refractivity contribution is 7.13. The number of nitrogens with zero attached hydrogens (tertiary/aromatic N) is 5. The van der Waals surface area contributed by atoms with E-state index >= 15 is 0 Å². The molecule has 5 aromatic rings. The highest BCUT2D eigenvalue weighted by Gasteiger charge is 2.17. The Morgan fingerprint density at radius 2 is 1.91 bits per heavy atom. The number of thiazole rings is 1. The van der Waals surface area contributed by atoms with E-state index in [4.69, 9.17) is 0 Å². The molecule has 0 aliphatic rings. The van der Waals surface area contributed by atoms with Crippen molar-refractivity contribution >= 4 is 17.2 Å². The summed E-state index contributed by atoms with van der Waals surface area (Å²) in [4.78, 5) is 19.1. The van der Waals surface area contributed by atoms with Crippen molar-refractivity contribution in [3.8, 4) is 27.5 Å². The van der Waals surface area contributed by atoms with Crippen LogP contribution in [0.3, 0.4) is 0 Å². The van der Waals surface area contributed by atoms with Crippen molar-refractivity contribution < 1.29 is 9.18 Å². The van der Waals surface area contributed by atoms with Gasteiger partial charge in [0.1, 0.15) is 16.5 Å². The van der Waals surface area contributed by atoms with Gasteiger partial charge in [-0.15, -0.1) is 11.3 Å². The number of carbonyl (C=O) groups excluding carboxylic acids is 1. The molecular weight excluding hydrogens is 463 g/mol. The molecule has 0 aliphatic carbocycles. The molecule has 0 saturated carbocycles. The van der Waals surface area contributed by atoms with Crippen LogP contribution in [0.5, 0.6) is 0 Å². The van der Waals surface area contributed by atoms with E-state index in [1.165, 1.54) is 23.5 Å². The Morgan fingerprint density at radius 1 is 1.11 bits per heavy atom. The lowest BCUT2D eigenvalue weighted by molar-refractivity contribution is 0.0788. The van der Waals surface area contributed by atoms with Crippen LogP contribution in [0.4, 0.5) is 4.39 Å². The second-order valence-corrected chi connectivity index (χ2v) is 9.02. The van der Waals surface area contributed by atoms with Crippen molar-refractivity contribution in [3.05, 3.63) is 95.6 Å². The molecule has 1 N–H and O–H groups in total. The van der Waals surface area contributed by atoms with Crippen LogP contribution < -0.4 is 0 Å². The Labute approximate surface area is 205 Å². The summed E-state index contributed by atoms with van der Waals surface area (Å²) in [7, 11) is 1.78. The van der Waals surface area contributed by atoms with E-state index in [2.05, 4.69) is 20.3 Å². The number of para-hydroxylation sites is 1. The van der Waals surface area contributed by atoms with Crippen molar-refractivity contribution in [2.75, 3.05) is 13.6 Å². The molecule has 3 aromatic heterocycles. The fraction of sp³-hybridized carbons (Fsp3) is 0.154. The summed E-state index contributed by atoms with van der Waals surface area (Å²) < 4.78 is 14.9. The van der Waals surface area contributed by atoms with Crippen LogP contribution in [-0.2, 0) is 6.42 Å². The Morgan fingerprint density at radius 3 is 2.71 bits per heavy atom. The van der Waals surface area contributed by atoms with Crippen LogP contribution in [0, 0.1) is 5.82 Å². The van der Waals surface area contributed by atoms with Gasteiger partial charge in [0.15, 0.2) is 0 Å². The molecule has 0 unspecified atom stereocenters. The SMILES string of the molecule is CN(CCCc1cc(-c2ccc(F)cc2)n[nH]1)C(=O)c1csc(-c2cnn(-c3ccccc3)c2)n1. The molecule has 176 valence electrons. The second-order valence-electron chi connectivity index (χ2n) is 8.16. The summed E-state index contributed by atoms with van der Waals surface area (Å²) in [5, 5.41) is 14.3. The maximum absolute atomic E-state index is 13.1. The highest BCUT2D eigenvalue weighted by atomic mass is 32.1. The smallest absolute Gasteiger partial charge is 0.273 e. The zero-order valence-electron chi connectivity index (χ0n) is 19.1. The average Bonchev–Trinajstić information content (AvgIpc) is 3.65. The van der Waals surface area contributed by atoms with Gasteiger partial charge < -0.3 is 4.90 Å². The molecule has 0 spiro atoms. The third-order valence-corrected chi connectivity index (χ3v) is 6.52. The third-order valence-electron chi connectivity index (χ3n) is 5.63. The number of H-pyrrole nitrogens is 1. The number of aryl methyl sites for hydroxylation is 1. The van der Waals surface area contributed by atoms with E-state index in [-0.39, 0.29) is 11.7 Å². The van der Waals surface area contributed by atoms with Crippen LogP contribution in [0.2, 0.25) is 0 Å². The molecule has 0 atom stereocenters. The minimum atomic E-state index is -0.272. The zero-order chi connectivity index (χ0) is 24.2. The molecule has 0 aliphatic heterocycles. The molecule has 35 heavy (non-hydrogen) atoms. The first-order valence-electron chi connectivity index (χ1n) is 11.2. The molecular formula is C26H23FN6OS. The number of carbonyl (C=O) groups is 1. The molecule has 0 saturated heterocycles. The van der Waals surface area contributed by atoms with Crippen LogP contribution in [0.15, 0.2) is 78.4 Å². The van der Waals surface area contributed by atoms with Crippen molar-refractivity contribution in [1.29, 1.82) is 0 Å². The van der Waals surface area contributed by atoms with Crippen LogP contribution in [0.25, 0.3) is 27.5 Å².